The van der Waals surface area contributed by atoms with Crippen molar-refractivity contribution < 1.29 is 14.3 Å². The highest BCUT2D eigenvalue weighted by molar-refractivity contribution is 6.21. The fourth-order valence-electron chi connectivity index (χ4n) is 3.55. The molecule has 1 atom stereocenters. The van der Waals surface area contributed by atoms with E-state index >= 15 is 0 Å². The smallest absolute Gasteiger partial charge is 0.257 e. The first-order valence-electron chi connectivity index (χ1n) is 9.53. The van der Waals surface area contributed by atoms with Crippen LogP contribution in [-0.2, 0) is 9.59 Å². The first kappa shape index (κ1) is 18.2. The van der Waals surface area contributed by atoms with Crippen LogP contribution in [-0.4, -0.2) is 28.0 Å². The zero-order chi connectivity index (χ0) is 19.8. The first-order valence-corrected chi connectivity index (χ1v) is 9.53. The minimum atomic E-state index is -0.573. The molecule has 2 amide bonds. The number of rotatable bonds is 5. The molecule has 1 aliphatic rings. The molecule has 1 saturated heterocycles. The lowest BCUT2D eigenvalue weighted by Crippen LogP contribution is -2.31. The van der Waals surface area contributed by atoms with Gasteiger partial charge in [0.1, 0.15) is 11.8 Å². The standard InChI is InChI=1S/C22H23N3O3/c1-4-9-28-17-7-5-16(6-8-17)25-21(26)12-20(22(25)27)24-13-23-18-10-14(2)15(3)11-19(18)24/h5-8,10-11,13,20H,4,9,12H2,1-3H3/t20-/m1/s1. The number of anilines is 1. The molecule has 0 spiro atoms. The third-order valence-corrected chi connectivity index (χ3v) is 5.22. The third-order valence-electron chi connectivity index (χ3n) is 5.22. The van der Waals surface area contributed by atoms with E-state index in [1.165, 1.54) is 4.90 Å². The quantitative estimate of drug-likeness (QED) is 0.632. The second-order valence-electron chi connectivity index (χ2n) is 7.21. The molecular formula is C22H23N3O3. The van der Waals surface area contributed by atoms with Crippen LogP contribution < -0.4 is 9.64 Å². The maximum atomic E-state index is 13.1. The molecule has 2 heterocycles. The SMILES string of the molecule is CCCOc1ccc(N2C(=O)C[C@@H](n3cnc4cc(C)c(C)cc43)C2=O)cc1. The van der Waals surface area contributed by atoms with Gasteiger partial charge in [-0.15, -0.1) is 0 Å². The summed E-state index contributed by atoms with van der Waals surface area (Å²) in [5, 5.41) is 0. The molecule has 6 nitrogen and oxygen atoms in total. The molecule has 0 unspecified atom stereocenters. The number of aromatic nitrogens is 2. The summed E-state index contributed by atoms with van der Waals surface area (Å²) in [5.41, 5.74) is 4.56. The van der Waals surface area contributed by atoms with Gasteiger partial charge in [0, 0.05) is 0 Å². The van der Waals surface area contributed by atoms with Crippen molar-refractivity contribution in [2.75, 3.05) is 11.5 Å². The maximum Gasteiger partial charge on any atom is 0.257 e. The van der Waals surface area contributed by atoms with Crippen LogP contribution in [0.25, 0.3) is 11.0 Å². The van der Waals surface area contributed by atoms with E-state index in [2.05, 4.69) is 4.98 Å². The summed E-state index contributed by atoms with van der Waals surface area (Å²) in [6.07, 6.45) is 2.71. The summed E-state index contributed by atoms with van der Waals surface area (Å²) in [4.78, 5) is 31.4. The number of aryl methyl sites for hydroxylation is 2. The fourth-order valence-corrected chi connectivity index (χ4v) is 3.55. The molecule has 0 saturated carbocycles. The van der Waals surface area contributed by atoms with Crippen molar-refractivity contribution in [3.63, 3.8) is 0 Å². The van der Waals surface area contributed by atoms with E-state index in [1.54, 1.807) is 30.6 Å². The van der Waals surface area contributed by atoms with Crippen LogP contribution in [0.5, 0.6) is 5.75 Å². The Morgan fingerprint density at radius 1 is 1.11 bits per heavy atom. The predicted octanol–water partition coefficient (Wildman–Crippen LogP) is 3.95. The van der Waals surface area contributed by atoms with E-state index in [9.17, 15) is 9.59 Å². The largest absolute Gasteiger partial charge is 0.494 e. The lowest BCUT2D eigenvalue weighted by atomic mass is 10.1. The Balaban J connectivity index is 1.63. The first-order chi connectivity index (χ1) is 13.5. The molecule has 1 aromatic heterocycles. The van der Waals surface area contributed by atoms with E-state index in [0.717, 1.165) is 34.3 Å². The Morgan fingerprint density at radius 3 is 2.54 bits per heavy atom. The van der Waals surface area contributed by atoms with Gasteiger partial charge in [0.25, 0.3) is 5.91 Å². The number of amides is 2. The van der Waals surface area contributed by atoms with Crippen molar-refractivity contribution in [2.24, 2.45) is 0 Å². The van der Waals surface area contributed by atoms with Crippen LogP contribution in [0.4, 0.5) is 5.69 Å². The van der Waals surface area contributed by atoms with Crippen LogP contribution in [0.2, 0.25) is 0 Å². The second-order valence-corrected chi connectivity index (χ2v) is 7.21. The van der Waals surface area contributed by atoms with Gasteiger partial charge in [-0.05, 0) is 67.8 Å². The van der Waals surface area contributed by atoms with Gasteiger partial charge in [0.05, 0.1) is 36.1 Å². The average molecular weight is 377 g/mol. The highest BCUT2D eigenvalue weighted by Crippen LogP contribution is 2.33. The van der Waals surface area contributed by atoms with Crippen molar-refractivity contribution in [3.05, 3.63) is 53.9 Å². The molecule has 1 fully saturated rings. The van der Waals surface area contributed by atoms with Gasteiger partial charge < -0.3 is 9.30 Å². The average Bonchev–Trinajstić information content (AvgIpc) is 3.21. The number of imidazole rings is 1. The van der Waals surface area contributed by atoms with Gasteiger partial charge >= 0.3 is 0 Å². The molecule has 6 heteroatoms. The molecule has 2 aromatic carbocycles. The number of hydrogen-bond donors (Lipinski definition) is 0. The second kappa shape index (κ2) is 7.11. The van der Waals surface area contributed by atoms with Crippen LogP contribution in [0.1, 0.15) is 36.9 Å². The Bertz CT molecular complexity index is 1050. The molecule has 0 bridgehead atoms. The number of fused-ring (bicyclic) bond motifs is 1. The minimum Gasteiger partial charge on any atom is -0.494 e. The topological polar surface area (TPSA) is 64.4 Å². The lowest BCUT2D eigenvalue weighted by Gasteiger charge is -2.16. The highest BCUT2D eigenvalue weighted by Gasteiger charge is 2.41. The number of hydrogen-bond acceptors (Lipinski definition) is 4. The molecule has 0 aliphatic carbocycles. The predicted molar refractivity (Wildman–Crippen MR) is 108 cm³/mol. The highest BCUT2D eigenvalue weighted by atomic mass is 16.5. The maximum absolute atomic E-state index is 13.1. The fraction of sp³-hybridized carbons (Fsp3) is 0.318. The summed E-state index contributed by atoms with van der Waals surface area (Å²) in [7, 11) is 0. The summed E-state index contributed by atoms with van der Waals surface area (Å²) >= 11 is 0. The van der Waals surface area contributed by atoms with Crippen molar-refractivity contribution in [1.29, 1.82) is 0 Å². The van der Waals surface area contributed by atoms with Crippen molar-refractivity contribution in [1.82, 2.24) is 9.55 Å². The van der Waals surface area contributed by atoms with E-state index in [-0.39, 0.29) is 18.2 Å². The minimum absolute atomic E-state index is 0.130. The summed E-state index contributed by atoms with van der Waals surface area (Å²) in [5.74, 6) is 0.292. The van der Waals surface area contributed by atoms with Gasteiger partial charge in [0.15, 0.2) is 0 Å². The summed E-state index contributed by atoms with van der Waals surface area (Å²) in [6, 6.07) is 10.5. The van der Waals surface area contributed by atoms with Crippen LogP contribution >= 0.6 is 0 Å². The van der Waals surface area contributed by atoms with Gasteiger partial charge in [0.2, 0.25) is 5.91 Å². The number of nitrogens with zero attached hydrogens (tertiary/aromatic N) is 3. The number of carbonyl (C=O) groups is 2. The lowest BCUT2D eigenvalue weighted by molar-refractivity contribution is -0.122. The molecule has 1 aliphatic heterocycles. The van der Waals surface area contributed by atoms with Gasteiger partial charge in [-0.1, -0.05) is 6.92 Å². The van der Waals surface area contributed by atoms with Crippen molar-refractivity contribution in [3.8, 4) is 5.75 Å². The Morgan fingerprint density at radius 2 is 1.82 bits per heavy atom. The molecule has 0 radical (unpaired) electrons. The van der Waals surface area contributed by atoms with E-state index in [1.807, 2.05) is 37.5 Å². The molecule has 3 aromatic rings. The van der Waals surface area contributed by atoms with Crippen molar-refractivity contribution >= 4 is 28.5 Å². The van der Waals surface area contributed by atoms with Gasteiger partial charge in [-0.3, -0.25) is 9.59 Å². The van der Waals surface area contributed by atoms with Crippen LogP contribution in [0, 0.1) is 13.8 Å². The van der Waals surface area contributed by atoms with E-state index in [0.29, 0.717) is 12.3 Å². The van der Waals surface area contributed by atoms with Crippen LogP contribution in [0.3, 0.4) is 0 Å². The molecular weight excluding hydrogens is 354 g/mol. The number of carbonyl (C=O) groups excluding carboxylic acids is 2. The third kappa shape index (κ3) is 3.05. The Labute approximate surface area is 163 Å². The molecule has 0 N–H and O–H groups in total. The number of ether oxygens (including phenoxy) is 1. The zero-order valence-electron chi connectivity index (χ0n) is 16.3. The van der Waals surface area contributed by atoms with Crippen molar-refractivity contribution in [2.45, 2.75) is 39.7 Å². The number of imide groups is 1. The van der Waals surface area contributed by atoms with Gasteiger partial charge in [-0.2, -0.15) is 0 Å². The molecule has 28 heavy (non-hydrogen) atoms. The van der Waals surface area contributed by atoms with E-state index < -0.39 is 6.04 Å². The van der Waals surface area contributed by atoms with Crippen LogP contribution in [0.15, 0.2) is 42.7 Å². The normalized spacial score (nSPS) is 17.0. The zero-order valence-corrected chi connectivity index (χ0v) is 16.3. The molecule has 4 rings (SSSR count). The molecule has 144 valence electrons. The Kier molecular flexibility index (Phi) is 4.63. The monoisotopic (exact) mass is 377 g/mol. The van der Waals surface area contributed by atoms with Gasteiger partial charge in [-0.25, -0.2) is 9.88 Å². The number of benzene rings is 2. The Hall–Kier alpha value is -3.15. The van der Waals surface area contributed by atoms with E-state index in [4.69, 9.17) is 4.74 Å². The summed E-state index contributed by atoms with van der Waals surface area (Å²) < 4.78 is 7.39. The summed E-state index contributed by atoms with van der Waals surface area (Å²) in [6.45, 7) is 6.74.